The molecule has 0 spiro atoms. The van der Waals surface area contributed by atoms with E-state index in [1.165, 1.54) is 18.5 Å². The highest BCUT2D eigenvalue weighted by Crippen LogP contribution is 2.25. The van der Waals surface area contributed by atoms with Crippen LogP contribution >= 0.6 is 11.8 Å². The van der Waals surface area contributed by atoms with Gasteiger partial charge >= 0.3 is 0 Å². The molecule has 4 aromatic rings. The number of ether oxygens (including phenoxy) is 1. The van der Waals surface area contributed by atoms with E-state index in [4.69, 9.17) is 4.74 Å². The summed E-state index contributed by atoms with van der Waals surface area (Å²) in [6, 6.07) is 15.9. The predicted octanol–water partition coefficient (Wildman–Crippen LogP) is 4.13. The molecule has 0 saturated carbocycles. The zero-order chi connectivity index (χ0) is 17.8. The molecule has 0 aliphatic heterocycles. The Morgan fingerprint density at radius 1 is 1.00 bits per heavy atom. The van der Waals surface area contributed by atoms with Gasteiger partial charge in [-0.25, -0.2) is 19.0 Å². The van der Waals surface area contributed by atoms with Crippen molar-refractivity contribution in [2.75, 3.05) is 12.4 Å². The highest BCUT2D eigenvalue weighted by molar-refractivity contribution is 7.99. The predicted molar refractivity (Wildman–Crippen MR) is 99.3 cm³/mol. The smallest absolute Gasteiger partial charge is 0.167 e. The second kappa shape index (κ2) is 7.53. The van der Waals surface area contributed by atoms with E-state index in [2.05, 4.69) is 15.1 Å². The van der Waals surface area contributed by atoms with E-state index in [9.17, 15) is 4.39 Å². The molecule has 26 heavy (non-hydrogen) atoms. The Hall–Kier alpha value is -2.93. The molecule has 0 saturated heterocycles. The Morgan fingerprint density at radius 2 is 1.81 bits per heavy atom. The Balaban J connectivity index is 1.49. The fourth-order valence-electron chi connectivity index (χ4n) is 2.52. The van der Waals surface area contributed by atoms with Crippen LogP contribution in [0.5, 0.6) is 5.75 Å². The van der Waals surface area contributed by atoms with E-state index in [1.807, 2.05) is 30.3 Å². The molecule has 0 unspecified atom stereocenters. The van der Waals surface area contributed by atoms with Crippen molar-refractivity contribution in [2.45, 2.75) is 5.03 Å². The second-order valence-electron chi connectivity index (χ2n) is 5.46. The van der Waals surface area contributed by atoms with Crippen LogP contribution in [0.25, 0.3) is 16.7 Å². The minimum absolute atomic E-state index is 0.283. The summed E-state index contributed by atoms with van der Waals surface area (Å²) in [5.41, 5.74) is 1.45. The standard InChI is InChI=1S/C19H15FN4OS/c20-14-6-8-15(9-7-14)24-18-17(12-23-24)19(22-13-21-18)26-11-10-25-16-4-2-1-3-5-16/h1-9,12-13H,10-11H2. The largest absolute Gasteiger partial charge is 0.493 e. The van der Waals surface area contributed by atoms with Crippen molar-refractivity contribution in [1.29, 1.82) is 0 Å². The van der Waals surface area contributed by atoms with Crippen LogP contribution < -0.4 is 4.74 Å². The molecule has 0 N–H and O–H groups in total. The van der Waals surface area contributed by atoms with Crippen LogP contribution in [0.2, 0.25) is 0 Å². The summed E-state index contributed by atoms with van der Waals surface area (Å²) >= 11 is 1.59. The number of nitrogens with zero attached hydrogens (tertiary/aromatic N) is 4. The first-order valence-electron chi connectivity index (χ1n) is 8.06. The van der Waals surface area contributed by atoms with Crippen molar-refractivity contribution in [3.05, 3.63) is 72.9 Å². The van der Waals surface area contributed by atoms with Crippen LogP contribution in [0.1, 0.15) is 0 Å². The van der Waals surface area contributed by atoms with Crippen LogP contribution in [0, 0.1) is 5.82 Å². The van der Waals surface area contributed by atoms with Gasteiger partial charge in [0.15, 0.2) is 5.65 Å². The van der Waals surface area contributed by atoms with Gasteiger partial charge in [0.1, 0.15) is 22.9 Å². The molecular formula is C19H15FN4OS. The van der Waals surface area contributed by atoms with Gasteiger partial charge in [-0.3, -0.25) is 0 Å². The molecule has 0 fully saturated rings. The molecular weight excluding hydrogens is 351 g/mol. The van der Waals surface area contributed by atoms with Gasteiger partial charge in [-0.2, -0.15) is 5.10 Å². The second-order valence-corrected chi connectivity index (χ2v) is 6.54. The Morgan fingerprint density at radius 3 is 2.62 bits per heavy atom. The lowest BCUT2D eigenvalue weighted by molar-refractivity contribution is 0.344. The topological polar surface area (TPSA) is 52.8 Å². The molecule has 2 aromatic heterocycles. The Bertz CT molecular complexity index is 1010. The normalized spacial score (nSPS) is 11.0. The first kappa shape index (κ1) is 16.5. The zero-order valence-electron chi connectivity index (χ0n) is 13.7. The lowest BCUT2D eigenvalue weighted by Crippen LogP contribution is -2.01. The molecule has 2 aromatic carbocycles. The molecule has 0 radical (unpaired) electrons. The molecule has 0 atom stereocenters. The number of halogens is 1. The van der Waals surface area contributed by atoms with E-state index in [1.54, 1.807) is 34.8 Å². The summed E-state index contributed by atoms with van der Waals surface area (Å²) < 4.78 is 20.5. The van der Waals surface area contributed by atoms with Gasteiger partial charge in [0.05, 0.1) is 23.9 Å². The number of benzene rings is 2. The van der Waals surface area contributed by atoms with Crippen molar-refractivity contribution < 1.29 is 9.13 Å². The summed E-state index contributed by atoms with van der Waals surface area (Å²) in [5, 5.41) is 6.09. The molecule has 0 bridgehead atoms. The summed E-state index contributed by atoms with van der Waals surface area (Å²) in [5.74, 6) is 1.32. The number of aromatic nitrogens is 4. The summed E-state index contributed by atoms with van der Waals surface area (Å²) in [7, 11) is 0. The Kier molecular flexibility index (Phi) is 4.79. The Labute approximate surface area is 153 Å². The third-order valence-corrected chi connectivity index (χ3v) is 4.70. The molecule has 5 nitrogen and oxygen atoms in total. The van der Waals surface area contributed by atoms with E-state index in [0.717, 1.165) is 27.6 Å². The van der Waals surface area contributed by atoms with Crippen LogP contribution in [-0.4, -0.2) is 32.1 Å². The molecule has 0 amide bonds. The average molecular weight is 366 g/mol. The van der Waals surface area contributed by atoms with Crippen molar-refractivity contribution >= 4 is 22.8 Å². The first-order valence-corrected chi connectivity index (χ1v) is 9.05. The molecule has 7 heteroatoms. The third-order valence-electron chi connectivity index (χ3n) is 3.73. The van der Waals surface area contributed by atoms with Gasteiger partial charge < -0.3 is 4.74 Å². The van der Waals surface area contributed by atoms with Crippen LogP contribution in [0.15, 0.2) is 72.1 Å². The lowest BCUT2D eigenvalue weighted by atomic mass is 10.3. The third kappa shape index (κ3) is 3.52. The number of thioether (sulfide) groups is 1. The van der Waals surface area contributed by atoms with Gasteiger partial charge in [0.25, 0.3) is 0 Å². The molecule has 0 aliphatic carbocycles. The molecule has 4 rings (SSSR count). The maximum Gasteiger partial charge on any atom is 0.167 e. The van der Waals surface area contributed by atoms with Crippen molar-refractivity contribution in [3.63, 3.8) is 0 Å². The number of hydrogen-bond acceptors (Lipinski definition) is 5. The highest BCUT2D eigenvalue weighted by atomic mass is 32.2. The monoisotopic (exact) mass is 366 g/mol. The SMILES string of the molecule is Fc1ccc(-n2ncc3c(SCCOc4ccccc4)ncnc32)cc1. The van der Waals surface area contributed by atoms with Gasteiger partial charge in [-0.1, -0.05) is 18.2 Å². The molecule has 0 aliphatic rings. The van der Waals surface area contributed by atoms with Crippen LogP contribution in [-0.2, 0) is 0 Å². The number of para-hydroxylation sites is 1. The lowest BCUT2D eigenvalue weighted by Gasteiger charge is -2.06. The molecule has 130 valence electrons. The number of fused-ring (bicyclic) bond motifs is 1. The zero-order valence-corrected chi connectivity index (χ0v) is 14.6. The minimum Gasteiger partial charge on any atom is -0.493 e. The highest BCUT2D eigenvalue weighted by Gasteiger charge is 2.11. The summed E-state index contributed by atoms with van der Waals surface area (Å²) in [6.45, 7) is 0.576. The van der Waals surface area contributed by atoms with Crippen LogP contribution in [0.4, 0.5) is 4.39 Å². The summed E-state index contributed by atoms with van der Waals surface area (Å²) in [4.78, 5) is 8.68. The van der Waals surface area contributed by atoms with Gasteiger partial charge in [-0.05, 0) is 36.4 Å². The van der Waals surface area contributed by atoms with Gasteiger partial charge in [0.2, 0.25) is 0 Å². The minimum atomic E-state index is -0.283. The van der Waals surface area contributed by atoms with Crippen LogP contribution in [0.3, 0.4) is 0 Å². The number of rotatable bonds is 6. The van der Waals surface area contributed by atoms with E-state index in [0.29, 0.717) is 12.3 Å². The maximum atomic E-state index is 13.1. The first-order chi connectivity index (χ1) is 12.8. The fraction of sp³-hybridized carbons (Fsp3) is 0.105. The number of hydrogen-bond donors (Lipinski definition) is 0. The van der Waals surface area contributed by atoms with Gasteiger partial charge in [0, 0.05) is 5.75 Å². The van der Waals surface area contributed by atoms with Gasteiger partial charge in [-0.15, -0.1) is 11.8 Å². The van der Waals surface area contributed by atoms with Crippen molar-refractivity contribution in [3.8, 4) is 11.4 Å². The van der Waals surface area contributed by atoms with Crippen molar-refractivity contribution in [1.82, 2.24) is 19.7 Å². The van der Waals surface area contributed by atoms with E-state index >= 15 is 0 Å². The van der Waals surface area contributed by atoms with Crippen molar-refractivity contribution in [2.24, 2.45) is 0 Å². The van der Waals surface area contributed by atoms with E-state index in [-0.39, 0.29) is 5.82 Å². The summed E-state index contributed by atoms with van der Waals surface area (Å²) in [6.07, 6.45) is 3.25. The average Bonchev–Trinajstić information content (AvgIpc) is 3.12. The maximum absolute atomic E-state index is 13.1. The van der Waals surface area contributed by atoms with E-state index < -0.39 is 0 Å². The quantitative estimate of drug-likeness (QED) is 0.292. The molecule has 2 heterocycles. The fourth-order valence-corrected chi connectivity index (χ4v) is 3.30.